The van der Waals surface area contributed by atoms with Gasteiger partial charge in [0.25, 0.3) is 11.7 Å². The molecule has 0 spiro atoms. The van der Waals surface area contributed by atoms with Gasteiger partial charge in [0.15, 0.2) is 0 Å². The van der Waals surface area contributed by atoms with Gasteiger partial charge in [0.2, 0.25) is 5.79 Å². The molecule has 0 radical (unpaired) electrons. The van der Waals surface area contributed by atoms with Crippen LogP contribution in [0.15, 0.2) is 22.8 Å². The molecule has 3 aliphatic heterocycles. The fourth-order valence-corrected chi connectivity index (χ4v) is 9.42. The molecule has 13 atom stereocenters. The van der Waals surface area contributed by atoms with Crippen molar-refractivity contribution in [1.82, 2.24) is 4.90 Å². The Hall–Kier alpha value is -2.52. The number of hydrogen-bond donors (Lipinski definition) is 3. The lowest BCUT2D eigenvalue weighted by Gasteiger charge is -2.47. The Morgan fingerprint density at radius 3 is 2.20 bits per heavy atom. The number of piperidine rings is 1. The summed E-state index contributed by atoms with van der Waals surface area (Å²) < 4.78 is 29.8. The number of allylic oxidation sites excluding steroid dienone is 3. The Morgan fingerprint density at radius 1 is 0.893 bits per heavy atom. The van der Waals surface area contributed by atoms with E-state index in [4.69, 9.17) is 23.7 Å². The number of amides is 1. The number of ether oxygens (including phenoxy) is 5. The first-order valence-corrected chi connectivity index (χ1v) is 20.8. The van der Waals surface area contributed by atoms with E-state index in [1.54, 1.807) is 21.0 Å². The van der Waals surface area contributed by atoms with Gasteiger partial charge in [-0.3, -0.25) is 14.4 Å². The van der Waals surface area contributed by atoms with Gasteiger partial charge in [0.1, 0.15) is 24.0 Å². The third-order valence-corrected chi connectivity index (χ3v) is 13.0. The van der Waals surface area contributed by atoms with Crippen molar-refractivity contribution in [1.29, 1.82) is 0 Å². The van der Waals surface area contributed by atoms with Crippen LogP contribution in [0.2, 0.25) is 0 Å². The molecule has 1 aliphatic carbocycles. The number of carbonyl (C=O) groups excluding carboxylic acids is 4. The molecule has 13 nitrogen and oxygen atoms in total. The summed E-state index contributed by atoms with van der Waals surface area (Å²) in [6.07, 6.45) is 2.12. The van der Waals surface area contributed by atoms with Crippen molar-refractivity contribution < 1.29 is 58.2 Å². The van der Waals surface area contributed by atoms with Crippen LogP contribution in [0.25, 0.3) is 0 Å². The number of Topliss-reactive ketones (excluding diaryl/α,β-unsaturated/α-hetero) is 2. The average Bonchev–Trinajstić information content (AvgIpc) is 3.18. The first-order valence-electron chi connectivity index (χ1n) is 20.8. The second-order valence-electron chi connectivity index (χ2n) is 17.1. The molecule has 0 aromatic carbocycles. The first-order chi connectivity index (χ1) is 26.5. The minimum atomic E-state index is -2.50. The Balaban J connectivity index is 1.76. The predicted octanol–water partition coefficient (Wildman–Crippen LogP) is 4.62. The largest absolute Gasteiger partial charge is 0.456 e. The van der Waals surface area contributed by atoms with Gasteiger partial charge in [0, 0.05) is 52.6 Å². The van der Waals surface area contributed by atoms with E-state index >= 15 is 0 Å². The number of methoxy groups -OCH3 is 3. The van der Waals surface area contributed by atoms with Crippen molar-refractivity contribution in [2.24, 2.45) is 23.7 Å². The smallest absolute Gasteiger partial charge is 0.329 e. The van der Waals surface area contributed by atoms with Crippen molar-refractivity contribution in [2.75, 3.05) is 27.9 Å². The number of ketones is 2. The summed E-state index contributed by atoms with van der Waals surface area (Å²) in [5, 5.41) is 34.0. The summed E-state index contributed by atoms with van der Waals surface area (Å²) in [5.41, 5.74) is 2.71. The quantitative estimate of drug-likeness (QED) is 0.194. The highest BCUT2D eigenvalue weighted by Gasteiger charge is 2.56. The zero-order chi connectivity index (χ0) is 41.5. The SMILES string of the molecule is CC/C1=C(/C)C[C@H](C)C[C@H](OC)[C@H]2O[C@@](O)(C(=O)C(=O)N3CCCC[C@H]3C(=O)OC(/C(C)=C/[C@@H]3CC[C@@H](O)[C@H](OC)C3)[C@H](C)C(O)CC(=O)C1)[C@H](C)C[C@@H]2OC. The monoisotopic (exact) mass is 791 g/mol. The Bertz CT molecular complexity index is 1450. The highest BCUT2D eigenvalue weighted by atomic mass is 16.7. The zero-order valence-corrected chi connectivity index (χ0v) is 35.2. The molecule has 3 heterocycles. The maximum atomic E-state index is 14.3. The van der Waals surface area contributed by atoms with Crippen LogP contribution in [0.1, 0.15) is 119 Å². The fourth-order valence-electron chi connectivity index (χ4n) is 9.42. The van der Waals surface area contributed by atoms with Gasteiger partial charge in [-0.1, -0.05) is 44.9 Å². The molecule has 0 aromatic rings. The van der Waals surface area contributed by atoms with E-state index < -0.39 is 77.9 Å². The standard InChI is InChI=1S/C43H69NO12/c1-10-30-22-31(45)23-34(47)28(6)38(26(4)19-29-14-15-33(46)35(21-29)52-7)55-42(50)32-13-11-12-16-44(32)41(49)40(48)43(51)27(5)20-37(54-9)39(56-43)36(53-8)18-24(2)17-25(30)3/h19,24,27-29,32-39,46-47,51H,10-18,20-23H2,1-9H3/b26-19+,30-25+/t24-,27+,28+,29-,32-,33+,34?,35+,36-,37-,38?,39+,43+/m0/s1. The summed E-state index contributed by atoms with van der Waals surface area (Å²) in [6, 6.07) is -1.13. The molecule has 4 rings (SSSR count). The average molecular weight is 792 g/mol. The summed E-state index contributed by atoms with van der Waals surface area (Å²) >= 11 is 0. The number of hydrogen-bond acceptors (Lipinski definition) is 12. The molecule has 2 bridgehead atoms. The van der Waals surface area contributed by atoms with Gasteiger partial charge in [-0.25, -0.2) is 4.79 Å². The molecular formula is C43H69NO12. The van der Waals surface area contributed by atoms with Crippen LogP contribution in [0.4, 0.5) is 0 Å². The lowest BCUT2D eigenvalue weighted by Crippen LogP contribution is -2.64. The molecule has 3 fully saturated rings. The Morgan fingerprint density at radius 2 is 1.55 bits per heavy atom. The minimum absolute atomic E-state index is 0.00336. The highest BCUT2D eigenvalue weighted by molar-refractivity contribution is 6.39. The molecular weight excluding hydrogens is 722 g/mol. The van der Waals surface area contributed by atoms with Gasteiger partial charge in [-0.2, -0.15) is 0 Å². The fraction of sp³-hybridized carbons (Fsp3) is 0.814. The topological polar surface area (TPSA) is 178 Å². The van der Waals surface area contributed by atoms with E-state index in [-0.39, 0.29) is 56.0 Å². The number of carbonyl (C=O) groups is 4. The lowest BCUT2D eigenvalue weighted by molar-refractivity contribution is -0.302. The Labute approximate surface area is 333 Å². The van der Waals surface area contributed by atoms with E-state index in [0.29, 0.717) is 56.9 Å². The molecule has 1 saturated carbocycles. The van der Waals surface area contributed by atoms with Gasteiger partial charge in [-0.15, -0.1) is 0 Å². The second-order valence-corrected chi connectivity index (χ2v) is 17.1. The molecule has 4 aliphatic rings. The van der Waals surface area contributed by atoms with Crippen LogP contribution in [0, 0.1) is 23.7 Å². The molecule has 3 N–H and O–H groups in total. The summed E-state index contributed by atoms with van der Waals surface area (Å²) in [4.78, 5) is 57.5. The van der Waals surface area contributed by atoms with E-state index in [1.165, 1.54) is 19.1 Å². The van der Waals surface area contributed by atoms with Crippen molar-refractivity contribution in [3.05, 3.63) is 22.8 Å². The first kappa shape index (κ1) is 46.2. The Kier molecular flexibility index (Phi) is 16.9. The molecule has 56 heavy (non-hydrogen) atoms. The van der Waals surface area contributed by atoms with Crippen LogP contribution in [0.3, 0.4) is 0 Å². The second kappa shape index (κ2) is 20.4. The minimum Gasteiger partial charge on any atom is -0.456 e. The number of fused-ring (bicyclic) bond motifs is 3. The molecule has 13 heteroatoms. The van der Waals surface area contributed by atoms with E-state index in [0.717, 1.165) is 11.1 Å². The number of nitrogens with zero attached hydrogens (tertiary/aromatic N) is 1. The van der Waals surface area contributed by atoms with Crippen LogP contribution >= 0.6 is 0 Å². The molecule has 2 saturated heterocycles. The summed E-state index contributed by atoms with van der Waals surface area (Å²) in [6.45, 7) is 11.4. The predicted molar refractivity (Wildman–Crippen MR) is 208 cm³/mol. The molecule has 2 unspecified atom stereocenters. The summed E-state index contributed by atoms with van der Waals surface area (Å²) in [5.74, 6) is -7.04. The molecule has 1 amide bonds. The normalized spacial score (nSPS) is 40.8. The van der Waals surface area contributed by atoms with Crippen LogP contribution in [-0.2, 0) is 42.9 Å². The maximum Gasteiger partial charge on any atom is 0.329 e. The van der Waals surface area contributed by atoms with E-state index in [1.807, 2.05) is 26.8 Å². The van der Waals surface area contributed by atoms with Gasteiger partial charge < -0.3 is 43.9 Å². The van der Waals surface area contributed by atoms with Gasteiger partial charge in [0.05, 0.1) is 30.5 Å². The van der Waals surface area contributed by atoms with Crippen LogP contribution < -0.4 is 0 Å². The van der Waals surface area contributed by atoms with Crippen molar-refractivity contribution in [3.63, 3.8) is 0 Å². The van der Waals surface area contributed by atoms with Crippen LogP contribution in [0.5, 0.6) is 0 Å². The third kappa shape index (κ3) is 10.7. The number of rotatable bonds is 6. The lowest BCUT2D eigenvalue weighted by atomic mass is 9.82. The number of cyclic esters (lactones) is 1. The maximum absolute atomic E-state index is 14.3. The van der Waals surface area contributed by atoms with Gasteiger partial charge in [-0.05, 0) is 95.5 Å². The van der Waals surface area contributed by atoms with Crippen LogP contribution in [-0.4, -0.2) is 126 Å². The van der Waals surface area contributed by atoms with Gasteiger partial charge >= 0.3 is 5.97 Å². The summed E-state index contributed by atoms with van der Waals surface area (Å²) in [7, 11) is 4.63. The third-order valence-electron chi connectivity index (χ3n) is 13.0. The molecule has 318 valence electrons. The number of aliphatic hydroxyl groups excluding tert-OH is 2. The van der Waals surface area contributed by atoms with Crippen molar-refractivity contribution in [2.45, 2.75) is 173 Å². The number of aliphatic hydroxyl groups is 3. The van der Waals surface area contributed by atoms with Crippen molar-refractivity contribution in [3.8, 4) is 0 Å². The van der Waals surface area contributed by atoms with E-state index in [2.05, 4.69) is 6.92 Å². The zero-order valence-electron chi connectivity index (χ0n) is 35.2. The highest BCUT2D eigenvalue weighted by Crippen LogP contribution is 2.39. The number of esters is 1. The molecule has 0 aromatic heterocycles. The van der Waals surface area contributed by atoms with E-state index in [9.17, 15) is 34.5 Å². The van der Waals surface area contributed by atoms with Crippen molar-refractivity contribution >= 4 is 23.4 Å².